The molecule has 0 radical (unpaired) electrons. The molecule has 39 heavy (non-hydrogen) atoms. The van der Waals surface area contributed by atoms with Crippen LogP contribution in [0.5, 0.6) is 0 Å². The van der Waals surface area contributed by atoms with Gasteiger partial charge in [-0.25, -0.2) is 0 Å². The zero-order valence-corrected chi connectivity index (χ0v) is 27.1. The molecule has 0 aromatic heterocycles. The van der Waals surface area contributed by atoms with Gasteiger partial charge in [0.2, 0.25) is 0 Å². The van der Waals surface area contributed by atoms with Gasteiger partial charge in [0.15, 0.2) is 0 Å². The van der Waals surface area contributed by atoms with Crippen molar-refractivity contribution in [2.24, 2.45) is 5.92 Å². The lowest BCUT2D eigenvalue weighted by atomic mass is 9.89. The Morgan fingerprint density at radius 1 is 0.385 bits per heavy atom. The second-order valence-corrected chi connectivity index (χ2v) is 12.4. The van der Waals surface area contributed by atoms with Gasteiger partial charge in [0, 0.05) is 6.42 Å². The van der Waals surface area contributed by atoms with Crippen LogP contribution in [0, 0.1) is 5.92 Å². The van der Waals surface area contributed by atoms with Crippen LogP contribution in [0.15, 0.2) is 24.3 Å². The van der Waals surface area contributed by atoms with Crippen LogP contribution in [-0.4, -0.2) is 6.29 Å². The second-order valence-electron chi connectivity index (χ2n) is 12.4. The Morgan fingerprint density at radius 2 is 0.718 bits per heavy atom. The van der Waals surface area contributed by atoms with Crippen molar-refractivity contribution in [1.29, 1.82) is 0 Å². The van der Waals surface area contributed by atoms with Crippen LogP contribution >= 0.6 is 0 Å². The topological polar surface area (TPSA) is 17.1 Å². The van der Waals surface area contributed by atoms with E-state index in [0.29, 0.717) is 0 Å². The van der Waals surface area contributed by atoms with Crippen molar-refractivity contribution in [3.8, 4) is 0 Å². The Kier molecular flexibility index (Phi) is 34.4. The van der Waals surface area contributed by atoms with Gasteiger partial charge in [0.25, 0.3) is 0 Å². The molecule has 1 nitrogen and oxygen atoms in total. The number of hydrogen-bond donors (Lipinski definition) is 0. The first kappa shape index (κ1) is 38.1. The minimum Gasteiger partial charge on any atom is -0.303 e. The lowest BCUT2D eigenvalue weighted by Gasteiger charge is -2.17. The molecule has 0 fully saturated rings. The zero-order valence-electron chi connectivity index (χ0n) is 27.1. The second kappa shape index (κ2) is 35.2. The number of hydrogen-bond acceptors (Lipinski definition) is 1. The molecule has 0 rings (SSSR count). The molecular weight excluding hydrogens is 472 g/mol. The van der Waals surface area contributed by atoms with Crippen molar-refractivity contribution in [3.05, 3.63) is 24.3 Å². The molecule has 0 aromatic carbocycles. The fraction of sp³-hybridized carbons (Fsp3) is 0.868. The van der Waals surface area contributed by atoms with E-state index in [0.717, 1.165) is 31.5 Å². The smallest absolute Gasteiger partial charge is 0.119 e. The van der Waals surface area contributed by atoms with E-state index in [4.69, 9.17) is 0 Å². The lowest BCUT2D eigenvalue weighted by molar-refractivity contribution is -0.107. The Hall–Kier alpha value is -0.850. The Bertz CT molecular complexity index is 505. The fourth-order valence-electron chi connectivity index (χ4n) is 5.79. The first-order valence-electron chi connectivity index (χ1n) is 18.1. The van der Waals surface area contributed by atoms with E-state index in [9.17, 15) is 4.79 Å². The Balaban J connectivity index is 3.84. The van der Waals surface area contributed by atoms with E-state index >= 15 is 0 Å². The molecule has 230 valence electrons. The van der Waals surface area contributed by atoms with Gasteiger partial charge in [-0.05, 0) is 44.4 Å². The van der Waals surface area contributed by atoms with Crippen molar-refractivity contribution in [2.75, 3.05) is 0 Å². The largest absolute Gasteiger partial charge is 0.303 e. The summed E-state index contributed by atoms with van der Waals surface area (Å²) >= 11 is 0. The van der Waals surface area contributed by atoms with Crippen molar-refractivity contribution in [3.63, 3.8) is 0 Å². The summed E-state index contributed by atoms with van der Waals surface area (Å²) in [5.74, 6) is 0.998. The first-order valence-corrected chi connectivity index (χ1v) is 18.1. The normalized spacial score (nSPS) is 12.7. The molecule has 0 bridgehead atoms. The van der Waals surface area contributed by atoms with Crippen LogP contribution in [0.1, 0.15) is 206 Å². The van der Waals surface area contributed by atoms with Crippen LogP contribution in [0.25, 0.3) is 0 Å². The number of allylic oxidation sites excluding steroid dienone is 4. The van der Waals surface area contributed by atoms with E-state index in [1.807, 2.05) is 0 Å². The lowest BCUT2D eigenvalue weighted by Crippen LogP contribution is -2.01. The molecule has 0 heterocycles. The molecular formula is C38H72O. The monoisotopic (exact) mass is 545 g/mol. The van der Waals surface area contributed by atoms with Gasteiger partial charge in [0.1, 0.15) is 6.29 Å². The van der Waals surface area contributed by atoms with Gasteiger partial charge < -0.3 is 4.79 Å². The zero-order chi connectivity index (χ0) is 28.3. The highest BCUT2D eigenvalue weighted by Gasteiger charge is 2.08. The third-order valence-corrected chi connectivity index (χ3v) is 8.46. The first-order chi connectivity index (χ1) is 19.3. The maximum Gasteiger partial charge on any atom is 0.119 e. The van der Waals surface area contributed by atoms with Crippen molar-refractivity contribution < 1.29 is 4.79 Å². The van der Waals surface area contributed by atoms with E-state index in [1.165, 1.54) is 173 Å². The van der Waals surface area contributed by atoms with Gasteiger partial charge in [-0.15, -0.1) is 0 Å². The van der Waals surface area contributed by atoms with Crippen LogP contribution in [-0.2, 0) is 4.79 Å². The minimum absolute atomic E-state index is 0.741. The third kappa shape index (κ3) is 33.3. The SMILES string of the molecule is CCCCCCCCCCCC(CCCCC/C=C\C/C=C\CCCCCCCC=O)CCCCCCCC. The summed E-state index contributed by atoms with van der Waals surface area (Å²) in [6.45, 7) is 4.63. The van der Waals surface area contributed by atoms with Gasteiger partial charge in [0.05, 0.1) is 0 Å². The summed E-state index contributed by atoms with van der Waals surface area (Å²) in [6, 6.07) is 0. The summed E-state index contributed by atoms with van der Waals surface area (Å²) in [4.78, 5) is 10.3. The molecule has 1 heteroatoms. The molecule has 0 N–H and O–H groups in total. The average molecular weight is 545 g/mol. The minimum atomic E-state index is 0.741. The summed E-state index contributed by atoms with van der Waals surface area (Å²) in [7, 11) is 0. The summed E-state index contributed by atoms with van der Waals surface area (Å²) in [5.41, 5.74) is 0. The molecule has 0 aromatic rings. The van der Waals surface area contributed by atoms with Crippen LogP contribution in [0.2, 0.25) is 0 Å². The van der Waals surface area contributed by atoms with Gasteiger partial charge in [-0.2, -0.15) is 0 Å². The Morgan fingerprint density at radius 3 is 1.13 bits per heavy atom. The maximum atomic E-state index is 10.3. The van der Waals surface area contributed by atoms with Crippen molar-refractivity contribution in [1.82, 2.24) is 0 Å². The standard InChI is InChI=1S/C38H72O/c1-3-5-7-9-11-20-23-27-31-35-38(34-30-26-10-8-6-4-2)36-32-28-24-21-18-16-14-12-13-15-17-19-22-25-29-33-37-39/h12-13,16,18,37-38H,3-11,14-15,17,19-36H2,1-2H3/b13-12-,18-16-. The summed E-state index contributed by atoms with van der Waals surface area (Å²) < 4.78 is 0. The average Bonchev–Trinajstić information content (AvgIpc) is 2.95. The molecule has 1 atom stereocenters. The molecule has 0 saturated heterocycles. The predicted octanol–water partition coefficient (Wildman–Crippen LogP) is 13.7. The maximum absolute atomic E-state index is 10.3. The van der Waals surface area contributed by atoms with Crippen LogP contribution in [0.4, 0.5) is 0 Å². The van der Waals surface area contributed by atoms with Gasteiger partial charge >= 0.3 is 0 Å². The number of carbonyl (C=O) groups excluding carboxylic acids is 1. The highest BCUT2D eigenvalue weighted by Crippen LogP contribution is 2.24. The molecule has 0 aliphatic carbocycles. The molecule has 1 unspecified atom stereocenters. The molecule has 0 amide bonds. The quantitative estimate of drug-likeness (QED) is 0.0456. The van der Waals surface area contributed by atoms with E-state index in [1.54, 1.807) is 0 Å². The molecule has 0 aliphatic rings. The molecule has 0 spiro atoms. The number of unbranched alkanes of at least 4 members (excludes halogenated alkanes) is 22. The molecule has 0 aliphatic heterocycles. The van der Waals surface area contributed by atoms with E-state index in [2.05, 4.69) is 38.2 Å². The van der Waals surface area contributed by atoms with Gasteiger partial charge in [-0.1, -0.05) is 186 Å². The van der Waals surface area contributed by atoms with Crippen LogP contribution < -0.4 is 0 Å². The third-order valence-electron chi connectivity index (χ3n) is 8.46. The predicted molar refractivity (Wildman–Crippen MR) is 178 cm³/mol. The summed E-state index contributed by atoms with van der Waals surface area (Å²) in [6.07, 6.45) is 51.4. The number of rotatable bonds is 33. The summed E-state index contributed by atoms with van der Waals surface area (Å²) in [5, 5.41) is 0. The fourth-order valence-corrected chi connectivity index (χ4v) is 5.79. The van der Waals surface area contributed by atoms with Crippen molar-refractivity contribution in [2.45, 2.75) is 206 Å². The van der Waals surface area contributed by atoms with E-state index in [-0.39, 0.29) is 0 Å². The number of aldehydes is 1. The molecule has 0 saturated carbocycles. The highest BCUT2D eigenvalue weighted by molar-refractivity contribution is 5.48. The number of carbonyl (C=O) groups is 1. The van der Waals surface area contributed by atoms with Gasteiger partial charge in [-0.3, -0.25) is 0 Å². The van der Waals surface area contributed by atoms with Crippen LogP contribution in [0.3, 0.4) is 0 Å². The highest BCUT2D eigenvalue weighted by atomic mass is 16.1. The van der Waals surface area contributed by atoms with E-state index < -0.39 is 0 Å². The van der Waals surface area contributed by atoms with Crippen molar-refractivity contribution >= 4 is 6.29 Å². The Labute approximate surface area is 247 Å².